The predicted octanol–water partition coefficient (Wildman–Crippen LogP) is 3.69. The van der Waals surface area contributed by atoms with Crippen LogP contribution >= 0.6 is 24.0 Å². The van der Waals surface area contributed by atoms with Crippen LogP contribution in [0.25, 0.3) is 0 Å². The van der Waals surface area contributed by atoms with Gasteiger partial charge in [0.25, 0.3) is 0 Å². The van der Waals surface area contributed by atoms with E-state index in [1.165, 1.54) is 12.1 Å². The van der Waals surface area contributed by atoms with Crippen molar-refractivity contribution in [2.75, 3.05) is 13.6 Å². The molecule has 6 nitrogen and oxygen atoms in total. The summed E-state index contributed by atoms with van der Waals surface area (Å²) in [5.74, 6) is 2.07. The average molecular weight is 476 g/mol. The molecular formula is C18H26FIN4O2. The molecule has 0 spiro atoms. The Morgan fingerprint density at radius 2 is 1.92 bits per heavy atom. The first-order chi connectivity index (χ1) is 12.0. The lowest BCUT2D eigenvalue weighted by atomic mass is 10.1. The van der Waals surface area contributed by atoms with Crippen molar-refractivity contribution in [1.82, 2.24) is 15.8 Å². The van der Waals surface area contributed by atoms with Gasteiger partial charge in [-0.15, -0.1) is 24.0 Å². The molecule has 1 atom stereocenters. The number of guanidine groups is 1. The van der Waals surface area contributed by atoms with Crippen molar-refractivity contribution in [3.8, 4) is 5.75 Å². The maximum Gasteiger partial charge on any atom is 0.191 e. The van der Waals surface area contributed by atoms with E-state index in [9.17, 15) is 4.39 Å². The Labute approximate surface area is 170 Å². The van der Waals surface area contributed by atoms with Crippen molar-refractivity contribution in [2.45, 2.75) is 39.3 Å². The van der Waals surface area contributed by atoms with Crippen LogP contribution in [0, 0.1) is 5.82 Å². The maximum atomic E-state index is 12.9. The highest BCUT2D eigenvalue weighted by atomic mass is 127. The van der Waals surface area contributed by atoms with E-state index in [1.54, 1.807) is 19.2 Å². The second-order valence-electron chi connectivity index (χ2n) is 6.06. The summed E-state index contributed by atoms with van der Waals surface area (Å²) >= 11 is 0. The molecule has 8 heteroatoms. The van der Waals surface area contributed by atoms with Gasteiger partial charge in [-0.05, 0) is 37.1 Å². The molecule has 2 N–H and O–H groups in total. The summed E-state index contributed by atoms with van der Waals surface area (Å²) < 4.78 is 23.9. The van der Waals surface area contributed by atoms with Crippen molar-refractivity contribution < 1.29 is 13.7 Å². The van der Waals surface area contributed by atoms with E-state index in [1.807, 2.05) is 13.0 Å². The molecule has 0 saturated heterocycles. The van der Waals surface area contributed by atoms with Gasteiger partial charge < -0.3 is 19.9 Å². The highest BCUT2D eigenvalue weighted by molar-refractivity contribution is 14.0. The van der Waals surface area contributed by atoms with Crippen molar-refractivity contribution in [3.05, 3.63) is 47.6 Å². The molecule has 1 aromatic heterocycles. The number of halogens is 2. The SMILES string of the molecule is CN=C(NCc1cc(C(C)C)no1)NCC(C)Oc1ccc(F)cc1.I. The summed E-state index contributed by atoms with van der Waals surface area (Å²) in [6, 6.07) is 7.90. The van der Waals surface area contributed by atoms with Gasteiger partial charge in [0.2, 0.25) is 0 Å². The summed E-state index contributed by atoms with van der Waals surface area (Å²) in [6.45, 7) is 7.10. The van der Waals surface area contributed by atoms with Crippen LogP contribution in [0.1, 0.15) is 38.1 Å². The normalized spacial score (nSPS) is 12.5. The quantitative estimate of drug-likeness (QED) is 0.363. The molecule has 0 radical (unpaired) electrons. The summed E-state index contributed by atoms with van der Waals surface area (Å²) in [4.78, 5) is 4.16. The summed E-state index contributed by atoms with van der Waals surface area (Å²) in [5.41, 5.74) is 0.932. The molecule has 0 fully saturated rings. The zero-order valence-corrected chi connectivity index (χ0v) is 17.8. The Morgan fingerprint density at radius 1 is 1.23 bits per heavy atom. The van der Waals surface area contributed by atoms with E-state index < -0.39 is 0 Å². The maximum absolute atomic E-state index is 12.9. The summed E-state index contributed by atoms with van der Waals surface area (Å²) in [7, 11) is 1.70. The second kappa shape index (κ2) is 11.0. The van der Waals surface area contributed by atoms with Crippen LogP contribution in [0.2, 0.25) is 0 Å². The molecule has 144 valence electrons. The van der Waals surface area contributed by atoms with E-state index in [2.05, 4.69) is 34.6 Å². The van der Waals surface area contributed by atoms with Gasteiger partial charge in [0.05, 0.1) is 18.8 Å². The number of rotatable bonds is 7. The fourth-order valence-electron chi connectivity index (χ4n) is 2.10. The Balaban J connectivity index is 0.00000338. The first-order valence-corrected chi connectivity index (χ1v) is 8.30. The molecule has 2 aromatic rings. The van der Waals surface area contributed by atoms with Crippen LogP contribution in [-0.4, -0.2) is 30.8 Å². The molecule has 1 aromatic carbocycles. The van der Waals surface area contributed by atoms with Crippen LogP contribution in [0.4, 0.5) is 4.39 Å². The van der Waals surface area contributed by atoms with Gasteiger partial charge in [0, 0.05) is 13.1 Å². The molecule has 26 heavy (non-hydrogen) atoms. The minimum atomic E-state index is -0.282. The van der Waals surface area contributed by atoms with Gasteiger partial charge in [-0.3, -0.25) is 4.99 Å². The Kier molecular flexibility index (Phi) is 9.39. The molecule has 0 aliphatic carbocycles. The molecule has 1 unspecified atom stereocenters. The van der Waals surface area contributed by atoms with Gasteiger partial charge in [-0.1, -0.05) is 19.0 Å². The third kappa shape index (κ3) is 7.19. The number of aliphatic imine (C=N–C) groups is 1. The van der Waals surface area contributed by atoms with Crippen molar-refractivity contribution >= 4 is 29.9 Å². The van der Waals surface area contributed by atoms with Gasteiger partial charge in [-0.2, -0.15) is 0 Å². The smallest absolute Gasteiger partial charge is 0.191 e. The minimum absolute atomic E-state index is 0. The van der Waals surface area contributed by atoms with E-state index in [4.69, 9.17) is 9.26 Å². The van der Waals surface area contributed by atoms with Crippen molar-refractivity contribution in [2.24, 2.45) is 4.99 Å². The van der Waals surface area contributed by atoms with E-state index in [0.29, 0.717) is 30.7 Å². The Hall–Kier alpha value is -1.84. The van der Waals surface area contributed by atoms with Gasteiger partial charge in [-0.25, -0.2) is 4.39 Å². The molecule has 0 amide bonds. The standard InChI is InChI=1S/C18H25FN4O2.HI/c1-12(2)17-9-16(25-23-17)11-22-18(20-4)21-10-13(3)24-15-7-5-14(19)6-8-15;/h5-9,12-13H,10-11H2,1-4H3,(H2,20,21,22);1H. The number of aromatic nitrogens is 1. The summed E-state index contributed by atoms with van der Waals surface area (Å²) in [6.07, 6.45) is -0.109. The second-order valence-corrected chi connectivity index (χ2v) is 6.06. The van der Waals surface area contributed by atoms with Crippen LogP contribution in [0.3, 0.4) is 0 Å². The number of hydrogen-bond acceptors (Lipinski definition) is 4. The molecule has 2 rings (SSSR count). The summed E-state index contributed by atoms with van der Waals surface area (Å²) in [5, 5.41) is 10.4. The third-order valence-electron chi connectivity index (χ3n) is 3.53. The van der Waals surface area contributed by atoms with Crippen molar-refractivity contribution in [3.63, 3.8) is 0 Å². The first-order valence-electron chi connectivity index (χ1n) is 8.30. The zero-order valence-electron chi connectivity index (χ0n) is 15.5. The molecule has 1 heterocycles. The van der Waals surface area contributed by atoms with E-state index in [0.717, 1.165) is 11.5 Å². The molecule has 0 saturated carbocycles. The number of nitrogens with one attached hydrogen (secondary N) is 2. The molecule has 0 aliphatic rings. The zero-order chi connectivity index (χ0) is 18.2. The minimum Gasteiger partial charge on any atom is -0.489 e. The van der Waals surface area contributed by atoms with Gasteiger partial charge in [0.15, 0.2) is 11.7 Å². The predicted molar refractivity (Wildman–Crippen MR) is 111 cm³/mol. The highest BCUT2D eigenvalue weighted by Gasteiger charge is 2.09. The van der Waals surface area contributed by atoms with E-state index in [-0.39, 0.29) is 35.9 Å². The van der Waals surface area contributed by atoms with Crippen LogP contribution in [-0.2, 0) is 6.54 Å². The lowest BCUT2D eigenvalue weighted by Crippen LogP contribution is -2.41. The number of benzene rings is 1. The topological polar surface area (TPSA) is 71.7 Å². The van der Waals surface area contributed by atoms with Crippen LogP contribution < -0.4 is 15.4 Å². The van der Waals surface area contributed by atoms with E-state index >= 15 is 0 Å². The average Bonchev–Trinajstić information content (AvgIpc) is 3.06. The lowest BCUT2D eigenvalue weighted by molar-refractivity contribution is 0.223. The Bertz CT molecular complexity index is 689. The number of nitrogens with zero attached hydrogens (tertiary/aromatic N) is 2. The molecular weight excluding hydrogens is 450 g/mol. The number of ether oxygens (including phenoxy) is 1. The highest BCUT2D eigenvalue weighted by Crippen LogP contribution is 2.14. The first kappa shape index (κ1) is 22.2. The largest absolute Gasteiger partial charge is 0.489 e. The monoisotopic (exact) mass is 476 g/mol. The van der Waals surface area contributed by atoms with Gasteiger partial charge in [0.1, 0.15) is 17.7 Å². The lowest BCUT2D eigenvalue weighted by Gasteiger charge is -2.17. The molecule has 0 aliphatic heterocycles. The van der Waals surface area contributed by atoms with Crippen LogP contribution in [0.5, 0.6) is 5.75 Å². The van der Waals surface area contributed by atoms with Crippen LogP contribution in [0.15, 0.2) is 39.8 Å². The fourth-order valence-corrected chi connectivity index (χ4v) is 2.10. The third-order valence-corrected chi connectivity index (χ3v) is 3.53. The Morgan fingerprint density at radius 3 is 2.50 bits per heavy atom. The van der Waals surface area contributed by atoms with Crippen molar-refractivity contribution in [1.29, 1.82) is 0 Å². The molecule has 0 bridgehead atoms. The number of hydrogen-bond donors (Lipinski definition) is 2. The van der Waals surface area contributed by atoms with Gasteiger partial charge >= 0.3 is 0 Å². The fraction of sp³-hybridized carbons (Fsp3) is 0.444.